The highest BCUT2D eigenvalue weighted by Gasteiger charge is 2.25. The maximum absolute atomic E-state index is 11.2. The van der Waals surface area contributed by atoms with Crippen molar-refractivity contribution in [3.8, 4) is 0 Å². The average Bonchev–Trinajstić information content (AvgIpc) is 2.98. The summed E-state index contributed by atoms with van der Waals surface area (Å²) in [7, 11) is 1.46. The summed E-state index contributed by atoms with van der Waals surface area (Å²) in [6.07, 6.45) is 11.1. The minimum atomic E-state index is -0.0972. The van der Waals surface area contributed by atoms with E-state index >= 15 is 0 Å². The molecule has 2 heterocycles. The summed E-state index contributed by atoms with van der Waals surface area (Å²) in [5.74, 6) is -0.0972. The van der Waals surface area contributed by atoms with Gasteiger partial charge < -0.3 is 9.64 Å². The number of unbranched alkanes of at least 4 members (excludes halogenated alkanes) is 3. The number of nitrogens with zero attached hydrogens (tertiary/aromatic N) is 2. The van der Waals surface area contributed by atoms with Gasteiger partial charge in [0.05, 0.1) is 12.8 Å². The van der Waals surface area contributed by atoms with Crippen LogP contribution in [0.4, 0.5) is 0 Å². The molecule has 0 amide bonds. The summed E-state index contributed by atoms with van der Waals surface area (Å²) < 4.78 is 4.71. The Morgan fingerprint density at radius 3 is 2.62 bits per heavy atom. The van der Waals surface area contributed by atoms with Crippen LogP contribution in [0.15, 0.2) is 42.1 Å². The number of pyridine rings is 1. The van der Waals surface area contributed by atoms with E-state index in [1.54, 1.807) is 0 Å². The third-order valence-electron chi connectivity index (χ3n) is 6.77. The molecule has 0 N–H and O–H groups in total. The fourth-order valence-corrected chi connectivity index (χ4v) is 5.18. The highest BCUT2D eigenvalue weighted by Crippen LogP contribution is 2.38. The Hall–Kier alpha value is -2.17. The van der Waals surface area contributed by atoms with Crippen molar-refractivity contribution in [3.05, 3.63) is 69.5 Å². The van der Waals surface area contributed by atoms with E-state index < -0.39 is 0 Å². The van der Waals surface area contributed by atoms with Crippen molar-refractivity contribution < 1.29 is 9.53 Å². The molecule has 4 nitrogen and oxygen atoms in total. The fraction of sp³-hybridized carbons (Fsp3) is 0.481. The lowest BCUT2D eigenvalue weighted by Crippen LogP contribution is -2.32. The summed E-state index contributed by atoms with van der Waals surface area (Å²) in [6.45, 7) is 3.35. The summed E-state index contributed by atoms with van der Waals surface area (Å²) in [6, 6.07) is 10.6. The standard InChI is InChI=1S/C27H33ClN2O2/c1-32-25(31)8-4-2-3-5-16-30-17-13-20(14-18-30)26-24-12-11-23(28)19-22(24)10-9-21-7-6-15-29-27(21)26/h6-7,11-12,15,19H,2-5,8-10,13-14,16-18H2,1H3. The van der Waals surface area contributed by atoms with Crippen LogP contribution in [0.5, 0.6) is 0 Å². The molecule has 0 saturated carbocycles. The van der Waals surface area contributed by atoms with Crippen LogP contribution in [0.1, 0.15) is 67.3 Å². The number of aromatic nitrogens is 1. The zero-order valence-electron chi connectivity index (χ0n) is 19.0. The van der Waals surface area contributed by atoms with Gasteiger partial charge in [0.1, 0.15) is 0 Å². The Balaban J connectivity index is 1.41. The van der Waals surface area contributed by atoms with Gasteiger partial charge in [0.2, 0.25) is 0 Å². The van der Waals surface area contributed by atoms with E-state index in [4.69, 9.17) is 21.3 Å². The van der Waals surface area contributed by atoms with Gasteiger partial charge in [-0.3, -0.25) is 9.78 Å². The lowest BCUT2D eigenvalue weighted by Gasteiger charge is -2.30. The van der Waals surface area contributed by atoms with Crippen molar-refractivity contribution in [1.29, 1.82) is 0 Å². The summed E-state index contributed by atoms with van der Waals surface area (Å²) in [4.78, 5) is 18.6. The molecule has 1 fully saturated rings. The summed E-state index contributed by atoms with van der Waals surface area (Å²) in [5, 5.41) is 0.813. The number of hydrogen-bond acceptors (Lipinski definition) is 4. The van der Waals surface area contributed by atoms with Gasteiger partial charge in [-0.05, 0) is 80.0 Å². The van der Waals surface area contributed by atoms with Gasteiger partial charge in [-0.1, -0.05) is 42.1 Å². The number of piperidine rings is 1. The Labute approximate surface area is 196 Å². The zero-order valence-corrected chi connectivity index (χ0v) is 19.8. The molecule has 0 atom stereocenters. The number of halogens is 1. The Morgan fingerprint density at radius 2 is 1.81 bits per heavy atom. The second-order valence-corrected chi connectivity index (χ2v) is 9.31. The molecule has 0 radical (unpaired) electrons. The topological polar surface area (TPSA) is 42.4 Å². The van der Waals surface area contributed by atoms with Crippen LogP contribution in [0, 0.1) is 0 Å². The van der Waals surface area contributed by atoms with Gasteiger partial charge in [0.25, 0.3) is 0 Å². The molecule has 32 heavy (non-hydrogen) atoms. The number of benzene rings is 1. The van der Waals surface area contributed by atoms with E-state index in [0.29, 0.717) is 6.42 Å². The predicted octanol–water partition coefficient (Wildman–Crippen LogP) is 5.85. The molecule has 0 spiro atoms. The predicted molar refractivity (Wildman–Crippen MR) is 130 cm³/mol. The highest BCUT2D eigenvalue weighted by molar-refractivity contribution is 6.30. The molecule has 170 valence electrons. The molecule has 1 aliphatic carbocycles. The maximum Gasteiger partial charge on any atom is 0.305 e. The smallest absolute Gasteiger partial charge is 0.305 e. The quantitative estimate of drug-likeness (QED) is 0.390. The third-order valence-corrected chi connectivity index (χ3v) is 7.01. The first kappa shape index (κ1) is 23.0. The van der Waals surface area contributed by atoms with Gasteiger partial charge in [0, 0.05) is 36.3 Å². The number of esters is 1. The number of methoxy groups -OCH3 is 1. The van der Waals surface area contributed by atoms with Crippen molar-refractivity contribution >= 4 is 23.1 Å². The molecular weight excluding hydrogens is 420 g/mol. The lowest BCUT2D eigenvalue weighted by atomic mass is 9.88. The first-order valence-corrected chi connectivity index (χ1v) is 12.3. The molecular formula is C27H33ClN2O2. The van der Waals surface area contributed by atoms with E-state index in [0.717, 1.165) is 63.2 Å². The van der Waals surface area contributed by atoms with Crippen LogP contribution in [0.3, 0.4) is 0 Å². The van der Waals surface area contributed by atoms with Gasteiger partial charge in [0.15, 0.2) is 0 Å². The molecule has 2 aliphatic rings. The Kier molecular flexibility index (Phi) is 7.99. The van der Waals surface area contributed by atoms with Crippen LogP contribution in [0.2, 0.25) is 5.02 Å². The third kappa shape index (κ3) is 5.60. The molecule has 0 bridgehead atoms. The zero-order chi connectivity index (χ0) is 22.3. The molecule has 4 rings (SSSR count). The number of likely N-dealkylation sites (tertiary alicyclic amines) is 1. The van der Waals surface area contributed by atoms with Crippen LogP contribution >= 0.6 is 11.6 Å². The van der Waals surface area contributed by atoms with E-state index in [1.165, 1.54) is 53.5 Å². The second-order valence-electron chi connectivity index (χ2n) is 8.87. The van der Waals surface area contributed by atoms with Crippen LogP contribution in [0.25, 0.3) is 5.57 Å². The molecule has 1 saturated heterocycles. The van der Waals surface area contributed by atoms with Crippen LogP contribution in [-0.2, 0) is 22.4 Å². The van der Waals surface area contributed by atoms with Gasteiger partial charge >= 0.3 is 5.97 Å². The number of hydrogen-bond donors (Lipinski definition) is 0. The van der Waals surface area contributed by atoms with E-state index in [-0.39, 0.29) is 5.97 Å². The second kappa shape index (κ2) is 11.1. The highest BCUT2D eigenvalue weighted by atomic mass is 35.5. The number of ether oxygens (including phenoxy) is 1. The Morgan fingerprint density at radius 1 is 1.03 bits per heavy atom. The number of carbonyl (C=O) groups is 1. The largest absolute Gasteiger partial charge is 0.469 e. The molecule has 1 aromatic heterocycles. The number of fused-ring (bicyclic) bond motifs is 2. The van der Waals surface area contributed by atoms with E-state index in [2.05, 4.69) is 29.2 Å². The van der Waals surface area contributed by atoms with Crippen molar-refractivity contribution in [1.82, 2.24) is 9.88 Å². The minimum Gasteiger partial charge on any atom is -0.469 e. The van der Waals surface area contributed by atoms with Gasteiger partial charge in [-0.25, -0.2) is 0 Å². The van der Waals surface area contributed by atoms with Crippen molar-refractivity contribution in [2.75, 3.05) is 26.7 Å². The normalized spacial score (nSPS) is 16.3. The van der Waals surface area contributed by atoms with Crippen molar-refractivity contribution in [3.63, 3.8) is 0 Å². The van der Waals surface area contributed by atoms with Crippen molar-refractivity contribution in [2.24, 2.45) is 0 Å². The monoisotopic (exact) mass is 452 g/mol. The van der Waals surface area contributed by atoms with Crippen molar-refractivity contribution in [2.45, 2.75) is 57.8 Å². The van der Waals surface area contributed by atoms with Gasteiger partial charge in [-0.2, -0.15) is 0 Å². The first-order valence-electron chi connectivity index (χ1n) is 11.9. The number of carbonyl (C=O) groups excluding carboxylic acids is 1. The first-order chi connectivity index (χ1) is 15.7. The number of rotatable bonds is 7. The summed E-state index contributed by atoms with van der Waals surface area (Å²) >= 11 is 6.34. The Bertz CT molecular complexity index is 975. The molecule has 5 heteroatoms. The summed E-state index contributed by atoms with van der Waals surface area (Å²) in [5.41, 5.74) is 8.06. The average molecular weight is 453 g/mol. The van der Waals surface area contributed by atoms with Gasteiger partial charge in [-0.15, -0.1) is 0 Å². The maximum atomic E-state index is 11.2. The fourth-order valence-electron chi connectivity index (χ4n) is 4.99. The van der Waals surface area contributed by atoms with Crippen LogP contribution < -0.4 is 0 Å². The van der Waals surface area contributed by atoms with E-state index in [9.17, 15) is 4.79 Å². The molecule has 0 unspecified atom stereocenters. The SMILES string of the molecule is COC(=O)CCCCCCN1CCC(=C2c3ccc(Cl)cc3CCc3cccnc32)CC1. The van der Waals surface area contributed by atoms with Crippen LogP contribution in [-0.4, -0.2) is 42.6 Å². The van der Waals surface area contributed by atoms with E-state index in [1.807, 2.05) is 12.3 Å². The molecule has 1 aliphatic heterocycles. The lowest BCUT2D eigenvalue weighted by molar-refractivity contribution is -0.140. The minimum absolute atomic E-state index is 0.0972. The molecule has 1 aromatic carbocycles. The molecule has 2 aromatic rings. The number of aryl methyl sites for hydroxylation is 2.